The molecule has 2 aliphatic rings. The Morgan fingerprint density at radius 1 is 1.59 bits per heavy atom. The summed E-state index contributed by atoms with van der Waals surface area (Å²) in [5.41, 5.74) is 0. The molecular weight excluding hydrogens is 238 g/mol. The van der Waals surface area contributed by atoms with Gasteiger partial charge in [-0.15, -0.1) is 0 Å². The van der Waals surface area contributed by atoms with Crippen molar-refractivity contribution in [3.8, 4) is 0 Å². The molecule has 17 heavy (non-hydrogen) atoms. The fraction of sp³-hybridized carbons (Fsp3) is 0.818. The first kappa shape index (κ1) is 12.7. The fourth-order valence-corrected chi connectivity index (χ4v) is 2.68. The van der Waals surface area contributed by atoms with Gasteiger partial charge in [0.15, 0.2) is 5.11 Å². The first-order chi connectivity index (χ1) is 8.09. The van der Waals surface area contributed by atoms with E-state index in [4.69, 9.17) is 17.0 Å². The van der Waals surface area contributed by atoms with Crippen LogP contribution in [-0.2, 0) is 9.53 Å². The number of rotatable bonds is 4. The van der Waals surface area contributed by atoms with Crippen LogP contribution in [0.2, 0.25) is 0 Å². The molecule has 0 spiro atoms. The number of hydrogen-bond acceptors (Lipinski definition) is 4. The summed E-state index contributed by atoms with van der Waals surface area (Å²) in [7, 11) is 0. The number of carbonyl (C=O) groups is 1. The van der Waals surface area contributed by atoms with Crippen molar-refractivity contribution in [2.75, 3.05) is 19.7 Å². The molecule has 0 aromatic carbocycles. The maximum atomic E-state index is 11.7. The van der Waals surface area contributed by atoms with E-state index >= 15 is 0 Å². The average molecular weight is 257 g/mol. The van der Waals surface area contributed by atoms with Gasteiger partial charge < -0.3 is 20.3 Å². The number of nitrogens with zero attached hydrogens (tertiary/aromatic N) is 1. The lowest BCUT2D eigenvalue weighted by molar-refractivity contribution is -0.123. The van der Waals surface area contributed by atoms with E-state index in [2.05, 4.69) is 15.5 Å². The molecule has 0 saturated carbocycles. The Kier molecular flexibility index (Phi) is 3.96. The largest absolute Gasteiger partial charge is 0.377 e. The van der Waals surface area contributed by atoms with Crippen LogP contribution in [0.1, 0.15) is 20.3 Å². The van der Waals surface area contributed by atoms with Gasteiger partial charge in [-0.1, -0.05) is 0 Å². The van der Waals surface area contributed by atoms with Crippen molar-refractivity contribution < 1.29 is 9.53 Å². The second kappa shape index (κ2) is 5.29. The van der Waals surface area contributed by atoms with Crippen molar-refractivity contribution in [3.63, 3.8) is 0 Å². The zero-order valence-electron chi connectivity index (χ0n) is 10.2. The molecule has 2 unspecified atom stereocenters. The van der Waals surface area contributed by atoms with Crippen molar-refractivity contribution in [3.05, 3.63) is 0 Å². The Labute approximate surface area is 107 Å². The second-order valence-corrected chi connectivity index (χ2v) is 5.08. The van der Waals surface area contributed by atoms with Gasteiger partial charge in [0.25, 0.3) is 0 Å². The van der Waals surface area contributed by atoms with Gasteiger partial charge in [-0.05, 0) is 39.0 Å². The topological polar surface area (TPSA) is 53.6 Å². The lowest BCUT2D eigenvalue weighted by Gasteiger charge is -2.38. The van der Waals surface area contributed by atoms with Gasteiger partial charge in [0.05, 0.1) is 18.8 Å². The summed E-state index contributed by atoms with van der Waals surface area (Å²) in [6.07, 6.45) is 1.18. The molecule has 0 aromatic rings. The van der Waals surface area contributed by atoms with Crippen molar-refractivity contribution >= 4 is 23.2 Å². The predicted molar refractivity (Wildman–Crippen MR) is 68.7 cm³/mol. The van der Waals surface area contributed by atoms with Crippen molar-refractivity contribution in [2.24, 2.45) is 0 Å². The summed E-state index contributed by atoms with van der Waals surface area (Å²) in [6, 6.07) is 0.0627. The smallest absolute Gasteiger partial charge is 0.245 e. The van der Waals surface area contributed by atoms with Gasteiger partial charge in [0.1, 0.15) is 6.04 Å². The van der Waals surface area contributed by atoms with Gasteiger partial charge >= 0.3 is 0 Å². The number of thiocarbonyl (C=S) groups is 1. The minimum Gasteiger partial charge on any atom is -0.377 e. The summed E-state index contributed by atoms with van der Waals surface area (Å²) < 4.78 is 5.53. The molecule has 0 bridgehead atoms. The summed E-state index contributed by atoms with van der Waals surface area (Å²) in [5, 5.41) is 6.48. The van der Waals surface area contributed by atoms with Crippen LogP contribution in [0, 0.1) is 0 Å². The molecule has 2 atom stereocenters. The van der Waals surface area contributed by atoms with Gasteiger partial charge in [-0.3, -0.25) is 4.79 Å². The van der Waals surface area contributed by atoms with Gasteiger partial charge in [-0.25, -0.2) is 0 Å². The summed E-state index contributed by atoms with van der Waals surface area (Å²) >= 11 is 5.22. The van der Waals surface area contributed by atoms with Gasteiger partial charge in [0, 0.05) is 6.54 Å². The molecular formula is C11H19N3O2S. The van der Waals surface area contributed by atoms with Crippen LogP contribution in [0.25, 0.3) is 0 Å². The predicted octanol–water partition coefficient (Wildman–Crippen LogP) is -0.141. The van der Waals surface area contributed by atoms with E-state index in [0.29, 0.717) is 11.7 Å². The van der Waals surface area contributed by atoms with E-state index in [0.717, 1.165) is 19.5 Å². The molecule has 0 radical (unpaired) electrons. The molecule has 2 N–H and O–H groups in total. The van der Waals surface area contributed by atoms with Gasteiger partial charge in [-0.2, -0.15) is 0 Å². The molecule has 5 nitrogen and oxygen atoms in total. The van der Waals surface area contributed by atoms with E-state index in [1.807, 2.05) is 13.8 Å². The molecule has 2 saturated heterocycles. The van der Waals surface area contributed by atoms with E-state index in [1.54, 1.807) is 0 Å². The molecule has 2 fully saturated rings. The van der Waals surface area contributed by atoms with Crippen LogP contribution in [0.4, 0.5) is 0 Å². The Morgan fingerprint density at radius 2 is 2.35 bits per heavy atom. The number of carbonyl (C=O) groups excluding carboxylic acids is 1. The zero-order valence-corrected chi connectivity index (χ0v) is 11.0. The monoisotopic (exact) mass is 257 g/mol. The number of amides is 1. The zero-order chi connectivity index (χ0) is 12.4. The minimum absolute atomic E-state index is 0.00136. The van der Waals surface area contributed by atoms with Crippen LogP contribution in [0.3, 0.4) is 0 Å². The van der Waals surface area contributed by atoms with Crippen LogP contribution in [0.5, 0.6) is 0 Å². The minimum atomic E-state index is -0.124. The fourth-order valence-electron chi connectivity index (χ4n) is 2.35. The normalized spacial score (nSPS) is 28.5. The van der Waals surface area contributed by atoms with Crippen LogP contribution in [0.15, 0.2) is 0 Å². The molecule has 96 valence electrons. The van der Waals surface area contributed by atoms with E-state index < -0.39 is 0 Å². The summed E-state index contributed by atoms with van der Waals surface area (Å²) in [6.45, 7) is 6.26. The standard InChI is InChI=1S/C11H19N3O2S/c1-7(2)16-6-5-14-8-3-4-12-9(8)10(15)13-11(14)17/h7-9,12H,3-6H2,1-2H3,(H,13,15,17). The SMILES string of the molecule is CC(C)OCCN1C(=S)NC(=O)C2NCCC21. The van der Waals surface area contributed by atoms with Crippen molar-refractivity contribution in [1.82, 2.24) is 15.5 Å². The van der Waals surface area contributed by atoms with Crippen LogP contribution >= 0.6 is 12.2 Å². The molecule has 2 rings (SSSR count). The van der Waals surface area contributed by atoms with Crippen LogP contribution in [-0.4, -0.2) is 53.8 Å². The maximum Gasteiger partial charge on any atom is 0.245 e. The molecule has 0 aliphatic carbocycles. The first-order valence-corrected chi connectivity index (χ1v) is 6.47. The third-order valence-electron chi connectivity index (χ3n) is 3.15. The molecule has 6 heteroatoms. The Balaban J connectivity index is 1.95. The summed E-state index contributed by atoms with van der Waals surface area (Å²) in [4.78, 5) is 13.8. The van der Waals surface area contributed by atoms with Gasteiger partial charge in [0.2, 0.25) is 5.91 Å². The number of ether oxygens (including phenoxy) is 1. The molecule has 0 aromatic heterocycles. The maximum absolute atomic E-state index is 11.7. The number of hydrogen-bond donors (Lipinski definition) is 2. The average Bonchev–Trinajstić information content (AvgIpc) is 2.71. The Hall–Kier alpha value is -0.720. The second-order valence-electron chi connectivity index (χ2n) is 4.70. The molecule has 1 amide bonds. The highest BCUT2D eigenvalue weighted by atomic mass is 32.1. The Bertz CT molecular complexity index is 322. The highest BCUT2D eigenvalue weighted by molar-refractivity contribution is 7.80. The molecule has 2 heterocycles. The van der Waals surface area contributed by atoms with Crippen LogP contribution < -0.4 is 10.6 Å². The first-order valence-electron chi connectivity index (χ1n) is 6.06. The summed E-state index contributed by atoms with van der Waals surface area (Å²) in [5.74, 6) is -0.00136. The third-order valence-corrected chi connectivity index (χ3v) is 3.48. The number of nitrogens with one attached hydrogen (secondary N) is 2. The lowest BCUT2D eigenvalue weighted by atomic mass is 10.1. The Morgan fingerprint density at radius 3 is 3.06 bits per heavy atom. The third kappa shape index (κ3) is 2.75. The van der Waals surface area contributed by atoms with Crippen molar-refractivity contribution in [2.45, 2.75) is 38.5 Å². The van der Waals surface area contributed by atoms with E-state index in [1.165, 1.54) is 0 Å². The quantitative estimate of drug-likeness (QED) is 0.687. The van der Waals surface area contributed by atoms with E-state index in [9.17, 15) is 4.79 Å². The van der Waals surface area contributed by atoms with E-state index in [-0.39, 0.29) is 24.1 Å². The highest BCUT2D eigenvalue weighted by Crippen LogP contribution is 2.19. The molecule has 2 aliphatic heterocycles. The number of fused-ring (bicyclic) bond motifs is 1. The van der Waals surface area contributed by atoms with Crippen molar-refractivity contribution in [1.29, 1.82) is 0 Å². The lowest BCUT2D eigenvalue weighted by Crippen LogP contribution is -2.63. The highest BCUT2D eigenvalue weighted by Gasteiger charge is 2.42.